The zero-order chi connectivity index (χ0) is 17.5. The summed E-state index contributed by atoms with van der Waals surface area (Å²) in [5, 5.41) is 11.5. The van der Waals surface area contributed by atoms with Crippen molar-refractivity contribution in [1.82, 2.24) is 29.7 Å². The van der Waals surface area contributed by atoms with E-state index in [4.69, 9.17) is 4.42 Å². The lowest BCUT2D eigenvalue weighted by Crippen LogP contribution is -2.34. The van der Waals surface area contributed by atoms with Crippen LogP contribution in [0.1, 0.15) is 68.0 Å². The molecule has 0 aromatic carbocycles. The molecule has 5 rings (SSSR count). The predicted molar refractivity (Wildman–Crippen MR) is 93.7 cm³/mol. The first-order valence-corrected chi connectivity index (χ1v) is 9.41. The molecule has 1 atom stereocenters. The van der Waals surface area contributed by atoms with E-state index in [0.717, 1.165) is 50.2 Å². The maximum atomic E-state index is 12.2. The molecule has 1 saturated heterocycles. The zero-order valence-corrected chi connectivity index (χ0v) is 14.6. The molecule has 1 unspecified atom stereocenters. The second kappa shape index (κ2) is 6.35. The third-order valence-corrected chi connectivity index (χ3v) is 5.61. The Morgan fingerprint density at radius 1 is 1.15 bits per heavy atom. The zero-order valence-electron chi connectivity index (χ0n) is 14.6. The predicted octanol–water partition coefficient (Wildman–Crippen LogP) is 2.40. The molecule has 0 radical (unpaired) electrons. The molecule has 3 aromatic rings. The summed E-state index contributed by atoms with van der Waals surface area (Å²) >= 11 is 0. The number of hydrogen-bond donors (Lipinski definition) is 1. The van der Waals surface area contributed by atoms with E-state index >= 15 is 0 Å². The maximum Gasteiger partial charge on any atom is 0.272 e. The highest BCUT2D eigenvalue weighted by Gasteiger charge is 2.31. The van der Waals surface area contributed by atoms with Crippen molar-refractivity contribution in [2.24, 2.45) is 0 Å². The Balaban J connectivity index is 1.40. The van der Waals surface area contributed by atoms with Crippen molar-refractivity contribution >= 4 is 5.65 Å². The van der Waals surface area contributed by atoms with Crippen molar-refractivity contribution in [3.63, 3.8) is 0 Å². The van der Waals surface area contributed by atoms with Gasteiger partial charge in [0.05, 0.1) is 11.7 Å². The third kappa shape index (κ3) is 2.74. The standard InChI is InChI=1S/C18H22N6O2/c25-16-10-13(20-15-7-8-19-24(15)16)11-23-9-2-1-6-14(23)18-22-21-17(26-18)12-4-3-5-12/h7-8,10,12,14,19H,1-6,9,11H2. The number of aromatic nitrogens is 5. The molecule has 2 fully saturated rings. The molecule has 0 amide bonds. The highest BCUT2D eigenvalue weighted by molar-refractivity contribution is 5.36. The molecule has 26 heavy (non-hydrogen) atoms. The summed E-state index contributed by atoms with van der Waals surface area (Å²) in [5.41, 5.74) is 1.33. The van der Waals surface area contributed by atoms with E-state index in [9.17, 15) is 4.79 Å². The fraction of sp³-hybridized carbons (Fsp3) is 0.556. The van der Waals surface area contributed by atoms with Gasteiger partial charge in [-0.05, 0) is 32.2 Å². The van der Waals surface area contributed by atoms with Crippen LogP contribution in [0.4, 0.5) is 0 Å². The Morgan fingerprint density at radius 2 is 2.04 bits per heavy atom. The molecule has 1 aliphatic heterocycles. The molecular weight excluding hydrogens is 332 g/mol. The smallest absolute Gasteiger partial charge is 0.272 e. The SMILES string of the molecule is O=c1cc(CN2CCCCC2c2nnc(C3CCC3)o2)nc2cc[nH]n12. The second-order valence-electron chi connectivity index (χ2n) is 7.33. The Bertz CT molecular complexity index is 969. The summed E-state index contributed by atoms with van der Waals surface area (Å²) in [4.78, 5) is 19.1. The van der Waals surface area contributed by atoms with Crippen LogP contribution in [0.5, 0.6) is 0 Å². The van der Waals surface area contributed by atoms with E-state index in [2.05, 4.69) is 25.2 Å². The molecule has 1 saturated carbocycles. The fourth-order valence-electron chi connectivity index (χ4n) is 3.93. The van der Waals surface area contributed by atoms with Crippen molar-refractivity contribution in [3.8, 4) is 0 Å². The van der Waals surface area contributed by atoms with Gasteiger partial charge in [-0.15, -0.1) is 10.2 Å². The summed E-state index contributed by atoms with van der Waals surface area (Å²) in [6.07, 6.45) is 8.55. The van der Waals surface area contributed by atoms with Crippen LogP contribution in [0.2, 0.25) is 0 Å². The first-order chi connectivity index (χ1) is 12.8. The summed E-state index contributed by atoms with van der Waals surface area (Å²) in [6, 6.07) is 3.51. The van der Waals surface area contributed by atoms with Gasteiger partial charge < -0.3 is 4.42 Å². The van der Waals surface area contributed by atoms with Gasteiger partial charge in [-0.1, -0.05) is 12.8 Å². The molecule has 3 aromatic heterocycles. The largest absolute Gasteiger partial charge is 0.423 e. The molecule has 1 aliphatic carbocycles. The van der Waals surface area contributed by atoms with Gasteiger partial charge in [0.1, 0.15) is 0 Å². The Labute approximate surface area is 150 Å². The minimum Gasteiger partial charge on any atom is -0.423 e. The van der Waals surface area contributed by atoms with E-state index in [1.807, 2.05) is 6.07 Å². The number of likely N-dealkylation sites (tertiary alicyclic amines) is 1. The number of aromatic amines is 1. The van der Waals surface area contributed by atoms with Crippen LogP contribution in [0, 0.1) is 0 Å². The second-order valence-corrected chi connectivity index (χ2v) is 7.33. The molecule has 4 heterocycles. The number of rotatable bonds is 4. The molecule has 1 N–H and O–H groups in total. The highest BCUT2D eigenvalue weighted by Crippen LogP contribution is 2.37. The van der Waals surface area contributed by atoms with Crippen molar-refractivity contribution in [1.29, 1.82) is 0 Å². The van der Waals surface area contributed by atoms with Crippen LogP contribution in [-0.4, -0.2) is 36.2 Å². The molecule has 0 bridgehead atoms. The summed E-state index contributed by atoms with van der Waals surface area (Å²) in [7, 11) is 0. The molecule has 8 heteroatoms. The number of piperidine rings is 1. The number of nitrogens with one attached hydrogen (secondary N) is 1. The minimum absolute atomic E-state index is 0.0892. The molecular formula is C18H22N6O2. The molecule has 2 aliphatic rings. The normalized spacial score (nSPS) is 21.9. The summed E-state index contributed by atoms with van der Waals surface area (Å²) in [5.74, 6) is 1.96. The van der Waals surface area contributed by atoms with Gasteiger partial charge in [0.25, 0.3) is 5.56 Å². The van der Waals surface area contributed by atoms with Crippen LogP contribution in [0.3, 0.4) is 0 Å². The summed E-state index contributed by atoms with van der Waals surface area (Å²) < 4.78 is 7.47. The van der Waals surface area contributed by atoms with Crippen LogP contribution < -0.4 is 5.56 Å². The first-order valence-electron chi connectivity index (χ1n) is 9.41. The lowest BCUT2D eigenvalue weighted by Gasteiger charge is -2.33. The van der Waals surface area contributed by atoms with E-state index in [1.54, 1.807) is 12.3 Å². The van der Waals surface area contributed by atoms with Gasteiger partial charge in [-0.25, -0.2) is 9.50 Å². The van der Waals surface area contributed by atoms with E-state index in [1.165, 1.54) is 10.9 Å². The number of H-pyrrole nitrogens is 1. The van der Waals surface area contributed by atoms with Crippen LogP contribution in [0.25, 0.3) is 5.65 Å². The van der Waals surface area contributed by atoms with Crippen LogP contribution in [0.15, 0.2) is 27.5 Å². The van der Waals surface area contributed by atoms with Crippen LogP contribution in [-0.2, 0) is 6.54 Å². The summed E-state index contributed by atoms with van der Waals surface area (Å²) in [6.45, 7) is 1.56. The van der Waals surface area contributed by atoms with Gasteiger partial charge in [0.2, 0.25) is 11.8 Å². The van der Waals surface area contributed by atoms with Crippen molar-refractivity contribution < 1.29 is 4.42 Å². The van der Waals surface area contributed by atoms with Gasteiger partial charge >= 0.3 is 0 Å². The van der Waals surface area contributed by atoms with Gasteiger partial charge in [0, 0.05) is 30.8 Å². The van der Waals surface area contributed by atoms with Crippen LogP contribution >= 0.6 is 0 Å². The quantitative estimate of drug-likeness (QED) is 0.773. The van der Waals surface area contributed by atoms with Crippen molar-refractivity contribution in [3.05, 3.63) is 46.2 Å². The van der Waals surface area contributed by atoms with Gasteiger partial charge in [-0.2, -0.15) is 0 Å². The fourth-order valence-corrected chi connectivity index (χ4v) is 3.93. The van der Waals surface area contributed by atoms with E-state index < -0.39 is 0 Å². The van der Waals surface area contributed by atoms with E-state index in [0.29, 0.717) is 24.0 Å². The van der Waals surface area contributed by atoms with E-state index in [-0.39, 0.29) is 11.6 Å². The Morgan fingerprint density at radius 3 is 2.88 bits per heavy atom. The Kier molecular flexibility index (Phi) is 3.85. The number of nitrogens with zero attached hydrogens (tertiary/aromatic N) is 5. The molecule has 8 nitrogen and oxygen atoms in total. The van der Waals surface area contributed by atoms with Crippen molar-refractivity contribution in [2.75, 3.05) is 6.54 Å². The number of hydrogen-bond acceptors (Lipinski definition) is 6. The third-order valence-electron chi connectivity index (χ3n) is 5.61. The first kappa shape index (κ1) is 15.7. The number of fused-ring (bicyclic) bond motifs is 1. The molecule has 0 spiro atoms. The van der Waals surface area contributed by atoms with Crippen molar-refractivity contribution in [2.45, 2.75) is 57.0 Å². The lowest BCUT2D eigenvalue weighted by atomic mass is 9.85. The topological polar surface area (TPSA) is 92.3 Å². The average molecular weight is 354 g/mol. The average Bonchev–Trinajstić information content (AvgIpc) is 3.23. The highest BCUT2D eigenvalue weighted by atomic mass is 16.4. The minimum atomic E-state index is -0.0892. The maximum absolute atomic E-state index is 12.2. The lowest BCUT2D eigenvalue weighted by molar-refractivity contribution is 0.114. The molecule has 136 valence electrons. The van der Waals surface area contributed by atoms with Gasteiger partial charge in [0.15, 0.2) is 5.65 Å². The van der Waals surface area contributed by atoms with Gasteiger partial charge in [-0.3, -0.25) is 14.8 Å². The Hall–Kier alpha value is -2.48. The monoisotopic (exact) mass is 354 g/mol.